The van der Waals surface area contributed by atoms with E-state index in [9.17, 15) is 0 Å². The van der Waals surface area contributed by atoms with Crippen molar-refractivity contribution in [1.82, 2.24) is 0 Å². The normalized spacial score (nSPS) is 59.3. The van der Waals surface area contributed by atoms with E-state index in [1.54, 1.807) is 0 Å². The van der Waals surface area contributed by atoms with Crippen LogP contribution in [0.25, 0.3) is 0 Å². The largest absolute Gasteiger partial charge is 0.120 e. The van der Waals surface area contributed by atoms with Crippen molar-refractivity contribution in [3.05, 3.63) is 0 Å². The molecule has 0 aromatic rings. The van der Waals surface area contributed by atoms with E-state index < -0.39 is 24.5 Å². The summed E-state index contributed by atoms with van der Waals surface area (Å²) < 4.78 is 51.4. The zero-order chi connectivity index (χ0) is 11.4. The van der Waals surface area contributed by atoms with Gasteiger partial charge in [0.05, 0.1) is 0 Å². The Morgan fingerprint density at radius 3 is 2.57 bits per heavy atom. The Labute approximate surface area is 59.7 Å². The second-order valence-electron chi connectivity index (χ2n) is 1.51. The summed E-state index contributed by atoms with van der Waals surface area (Å²) in [5.74, 6) is 0. The fourth-order valence-corrected chi connectivity index (χ4v) is 0.721. The van der Waals surface area contributed by atoms with Crippen LogP contribution in [-0.4, -0.2) is 4.87 Å². The predicted molar refractivity (Wildman–Crippen MR) is 32.7 cm³/mol. The number of halogens is 1. The minimum Gasteiger partial charge on any atom is -0.120 e. The van der Waals surface area contributed by atoms with Crippen LogP contribution in [0.3, 0.4) is 0 Å². The maximum atomic E-state index is 7.49. The van der Waals surface area contributed by atoms with E-state index in [4.69, 9.17) is 21.2 Å². The molecule has 0 N–H and O–H groups in total. The van der Waals surface area contributed by atoms with Crippen LogP contribution in [-0.2, 0) is 0 Å². The highest BCUT2D eigenvalue weighted by atomic mass is 35.5. The van der Waals surface area contributed by atoms with Crippen LogP contribution in [0.15, 0.2) is 0 Å². The van der Waals surface area contributed by atoms with Gasteiger partial charge in [0.2, 0.25) is 0 Å². The number of hydrogen-bond donors (Lipinski definition) is 0. The van der Waals surface area contributed by atoms with E-state index >= 15 is 0 Å². The molecule has 7 heavy (non-hydrogen) atoms. The van der Waals surface area contributed by atoms with Gasteiger partial charge in [0.15, 0.2) is 0 Å². The minimum absolute atomic E-state index is 0.165. The van der Waals surface area contributed by atoms with Crippen molar-refractivity contribution in [2.75, 3.05) is 0 Å². The molecule has 0 amide bonds. The van der Waals surface area contributed by atoms with Gasteiger partial charge in [-0.25, -0.2) is 0 Å². The Morgan fingerprint density at radius 1 is 1.71 bits per heavy atom. The molecule has 0 aromatic heterocycles. The number of hydrogen-bond acceptors (Lipinski definition) is 0. The smallest absolute Gasteiger partial charge is 0.0418 e. The maximum Gasteiger partial charge on any atom is 0.0418 e. The fraction of sp³-hybridized carbons (Fsp3) is 1.00. The minimum atomic E-state index is -2.85. The predicted octanol–water partition coefficient (Wildman–Crippen LogP) is 2.56. The first-order valence-electron chi connectivity index (χ1n) is 5.65. The lowest BCUT2D eigenvalue weighted by Crippen LogP contribution is -2.07. The molecule has 0 aliphatic heterocycles. The molecule has 0 bridgehead atoms. The second-order valence-corrected chi connectivity index (χ2v) is 2.08. The first kappa shape index (κ1) is 1.41. The van der Waals surface area contributed by atoms with E-state index in [1.807, 2.05) is 0 Å². The Morgan fingerprint density at radius 2 is 2.29 bits per heavy atom. The van der Waals surface area contributed by atoms with Crippen molar-refractivity contribution >= 4 is 11.6 Å². The summed E-state index contributed by atoms with van der Waals surface area (Å²) in [5, 5.41) is 0. The first-order chi connectivity index (χ1) is 5.96. The molecule has 0 spiro atoms. The Kier molecular flexibility index (Phi) is 0.335. The van der Waals surface area contributed by atoms with E-state index in [-0.39, 0.29) is 12.8 Å². The van der Waals surface area contributed by atoms with Gasteiger partial charge >= 0.3 is 0 Å². The summed E-state index contributed by atoms with van der Waals surface area (Å²) in [6, 6.07) is 0. The van der Waals surface area contributed by atoms with E-state index in [0.717, 1.165) is 0 Å². The quantitative estimate of drug-likeness (QED) is 0.437. The molecule has 1 heteroatoms. The average molecular weight is 126 g/mol. The summed E-state index contributed by atoms with van der Waals surface area (Å²) >= 11 is 5.72. The Balaban J connectivity index is 3.27. The second kappa shape index (κ2) is 1.66. The van der Waals surface area contributed by atoms with Gasteiger partial charge in [-0.3, -0.25) is 0 Å². The van der Waals surface area contributed by atoms with Crippen LogP contribution in [0.2, 0.25) is 0 Å². The lowest BCUT2D eigenvalue weighted by molar-refractivity contribution is 0.659. The molecule has 1 aliphatic rings. The Hall–Kier alpha value is 0.290. The summed E-state index contributed by atoms with van der Waals surface area (Å²) in [7, 11) is 0. The van der Waals surface area contributed by atoms with Crippen LogP contribution in [0.1, 0.15) is 42.0 Å². The SMILES string of the molecule is [2H]C([2H])([2H])C1(Cl)C([2H])([2H])CCC1([2H])[2H]. The van der Waals surface area contributed by atoms with Gasteiger partial charge in [-0.05, 0) is 19.6 Å². The zero-order valence-corrected chi connectivity index (χ0v) is 4.55. The standard InChI is InChI=1S/C6H11Cl/c1-6(7)4-2-3-5-6/h2-5H2,1H3/i1D3,4D2,5D2. The molecule has 0 aromatic carbocycles. The molecule has 0 heterocycles. The molecule has 1 rings (SSSR count). The van der Waals surface area contributed by atoms with Gasteiger partial charge in [0, 0.05) is 14.5 Å². The average Bonchev–Trinajstić information content (AvgIpc) is 2.11. The summed E-state index contributed by atoms with van der Waals surface area (Å²) in [6.45, 7) is -2.85. The third kappa shape index (κ3) is 1.34. The van der Waals surface area contributed by atoms with Crippen molar-refractivity contribution in [1.29, 1.82) is 0 Å². The van der Waals surface area contributed by atoms with Crippen molar-refractivity contribution < 1.29 is 9.60 Å². The van der Waals surface area contributed by atoms with Crippen LogP contribution in [0.5, 0.6) is 0 Å². The highest BCUT2D eigenvalue weighted by Gasteiger charge is 2.24. The summed E-state index contributed by atoms with van der Waals surface area (Å²) in [5.41, 5.74) is 0. The van der Waals surface area contributed by atoms with Crippen molar-refractivity contribution in [3.8, 4) is 0 Å². The van der Waals surface area contributed by atoms with E-state index in [1.165, 1.54) is 0 Å². The molecule has 0 radical (unpaired) electrons. The van der Waals surface area contributed by atoms with Gasteiger partial charge < -0.3 is 0 Å². The third-order valence-electron chi connectivity index (χ3n) is 0.862. The maximum absolute atomic E-state index is 7.49. The van der Waals surface area contributed by atoms with Crippen molar-refractivity contribution in [2.24, 2.45) is 0 Å². The molecule has 42 valence electrons. The first-order valence-corrected chi connectivity index (χ1v) is 2.52. The van der Waals surface area contributed by atoms with Gasteiger partial charge in [0.25, 0.3) is 0 Å². The van der Waals surface area contributed by atoms with Gasteiger partial charge in [0.1, 0.15) is 0 Å². The van der Waals surface area contributed by atoms with Crippen LogP contribution < -0.4 is 0 Å². The molecular formula is C6H11Cl. The lowest BCUT2D eigenvalue weighted by Gasteiger charge is -2.10. The van der Waals surface area contributed by atoms with Gasteiger partial charge in [-0.15, -0.1) is 11.6 Å². The number of rotatable bonds is 0. The van der Waals surface area contributed by atoms with Crippen molar-refractivity contribution in [3.63, 3.8) is 0 Å². The molecule has 0 unspecified atom stereocenters. The van der Waals surface area contributed by atoms with E-state index in [2.05, 4.69) is 0 Å². The van der Waals surface area contributed by atoms with Crippen LogP contribution in [0, 0.1) is 0 Å². The molecule has 0 saturated heterocycles. The molecule has 1 saturated carbocycles. The third-order valence-corrected chi connectivity index (χ3v) is 1.13. The molecule has 1 aliphatic carbocycles. The molecule has 0 nitrogen and oxygen atoms in total. The summed E-state index contributed by atoms with van der Waals surface area (Å²) in [6.07, 6.45) is -4.74. The lowest BCUT2D eigenvalue weighted by atomic mass is 10.1. The molecular weight excluding hydrogens is 108 g/mol. The summed E-state index contributed by atoms with van der Waals surface area (Å²) in [4.78, 5) is -2.44. The zero-order valence-electron chi connectivity index (χ0n) is 10.8. The van der Waals surface area contributed by atoms with Crippen LogP contribution in [0.4, 0.5) is 0 Å². The van der Waals surface area contributed by atoms with E-state index in [0.29, 0.717) is 0 Å². The fourth-order valence-electron chi connectivity index (χ4n) is 0.532. The topological polar surface area (TPSA) is 0 Å². The molecule has 1 fully saturated rings. The van der Waals surface area contributed by atoms with Crippen molar-refractivity contribution in [2.45, 2.75) is 37.3 Å². The van der Waals surface area contributed by atoms with Gasteiger partial charge in [-0.1, -0.05) is 12.8 Å². The van der Waals surface area contributed by atoms with Crippen LogP contribution >= 0.6 is 11.6 Å². The highest BCUT2D eigenvalue weighted by Crippen LogP contribution is 2.34. The van der Waals surface area contributed by atoms with Gasteiger partial charge in [-0.2, -0.15) is 0 Å². The Bertz CT molecular complexity index is 227. The number of alkyl halides is 1. The monoisotopic (exact) mass is 125 g/mol. The molecule has 0 atom stereocenters. The highest BCUT2D eigenvalue weighted by molar-refractivity contribution is 6.23.